The quantitative estimate of drug-likeness (QED) is 0.604. The van der Waals surface area contributed by atoms with Crippen molar-refractivity contribution in [3.05, 3.63) is 12.2 Å². The maximum atomic E-state index is 4.06. The lowest BCUT2D eigenvalue weighted by molar-refractivity contribution is 0.312. The van der Waals surface area contributed by atoms with E-state index in [2.05, 4.69) is 25.7 Å². The minimum Gasteiger partial charge on any atom is -0.314 e. The van der Waals surface area contributed by atoms with Crippen LogP contribution in [-0.4, -0.2) is 12.6 Å². The van der Waals surface area contributed by atoms with Crippen LogP contribution < -0.4 is 5.32 Å². The van der Waals surface area contributed by atoms with Crippen LogP contribution in [0, 0.1) is 5.92 Å². The molecule has 0 heterocycles. The van der Waals surface area contributed by atoms with E-state index in [4.69, 9.17) is 0 Å². The Kier molecular flexibility index (Phi) is 7.59. The molecule has 0 radical (unpaired) electrons. The topological polar surface area (TPSA) is 12.0 Å². The Labute approximate surface area is 108 Å². The fraction of sp³-hybridized carbons (Fsp3) is 0.875. The van der Waals surface area contributed by atoms with Crippen LogP contribution >= 0.6 is 0 Å². The predicted molar refractivity (Wildman–Crippen MR) is 77.3 cm³/mol. The highest BCUT2D eigenvalue weighted by Gasteiger charge is 2.15. The van der Waals surface area contributed by atoms with Gasteiger partial charge in [0.05, 0.1) is 0 Å². The molecule has 1 fully saturated rings. The molecule has 0 saturated heterocycles. The van der Waals surface area contributed by atoms with Gasteiger partial charge in [0.1, 0.15) is 0 Å². The summed E-state index contributed by atoms with van der Waals surface area (Å²) in [7, 11) is 0. The number of hydrogen-bond donors (Lipinski definition) is 1. The highest BCUT2D eigenvalue weighted by Crippen LogP contribution is 2.28. The summed E-state index contributed by atoms with van der Waals surface area (Å²) in [5, 5.41) is 3.68. The third-order valence-electron chi connectivity index (χ3n) is 3.93. The van der Waals surface area contributed by atoms with Crippen molar-refractivity contribution in [2.45, 2.75) is 77.7 Å². The van der Waals surface area contributed by atoms with Crippen molar-refractivity contribution >= 4 is 0 Å². The first-order chi connectivity index (χ1) is 8.22. The zero-order valence-corrected chi connectivity index (χ0v) is 11.9. The smallest absolute Gasteiger partial charge is 0.0104 e. The zero-order valence-electron chi connectivity index (χ0n) is 11.9. The SMILES string of the molecule is C=C(C)CC(CCC1CCCCC1)NCCC. The van der Waals surface area contributed by atoms with E-state index in [0.717, 1.165) is 18.9 Å². The molecule has 1 unspecified atom stereocenters. The van der Waals surface area contributed by atoms with Gasteiger partial charge in [-0.15, -0.1) is 6.58 Å². The van der Waals surface area contributed by atoms with Gasteiger partial charge in [-0.25, -0.2) is 0 Å². The Bertz CT molecular complexity index is 204. The van der Waals surface area contributed by atoms with E-state index in [1.165, 1.54) is 56.9 Å². The Morgan fingerprint density at radius 1 is 1.29 bits per heavy atom. The molecule has 1 atom stereocenters. The minimum absolute atomic E-state index is 0.675. The monoisotopic (exact) mass is 237 g/mol. The lowest BCUT2D eigenvalue weighted by atomic mass is 9.84. The molecule has 1 aliphatic carbocycles. The number of nitrogens with one attached hydrogen (secondary N) is 1. The van der Waals surface area contributed by atoms with Crippen molar-refractivity contribution in [1.29, 1.82) is 0 Å². The largest absolute Gasteiger partial charge is 0.314 e. The molecule has 100 valence electrons. The molecule has 0 aromatic heterocycles. The van der Waals surface area contributed by atoms with E-state index in [9.17, 15) is 0 Å². The summed E-state index contributed by atoms with van der Waals surface area (Å²) in [4.78, 5) is 0. The van der Waals surface area contributed by atoms with Crippen LogP contribution in [0.3, 0.4) is 0 Å². The maximum Gasteiger partial charge on any atom is 0.0104 e. The summed E-state index contributed by atoms with van der Waals surface area (Å²) in [5.74, 6) is 1.01. The van der Waals surface area contributed by atoms with Crippen molar-refractivity contribution in [2.24, 2.45) is 5.92 Å². The van der Waals surface area contributed by atoms with Crippen molar-refractivity contribution in [2.75, 3.05) is 6.54 Å². The van der Waals surface area contributed by atoms with Gasteiger partial charge >= 0.3 is 0 Å². The summed E-state index contributed by atoms with van der Waals surface area (Å²) in [6.07, 6.45) is 12.5. The van der Waals surface area contributed by atoms with Gasteiger partial charge in [-0.05, 0) is 45.1 Å². The first kappa shape index (κ1) is 14.8. The molecule has 0 amide bonds. The van der Waals surface area contributed by atoms with Gasteiger partial charge in [-0.2, -0.15) is 0 Å². The van der Waals surface area contributed by atoms with Crippen LogP contribution in [0.25, 0.3) is 0 Å². The number of hydrogen-bond acceptors (Lipinski definition) is 1. The molecule has 1 N–H and O–H groups in total. The third kappa shape index (κ3) is 6.88. The second kappa shape index (κ2) is 8.74. The molecular weight excluding hydrogens is 206 g/mol. The summed E-state index contributed by atoms with van der Waals surface area (Å²) >= 11 is 0. The van der Waals surface area contributed by atoms with E-state index in [0.29, 0.717) is 6.04 Å². The lowest BCUT2D eigenvalue weighted by Crippen LogP contribution is -2.30. The standard InChI is InChI=1S/C16H31N/c1-4-12-17-16(13-14(2)3)11-10-15-8-6-5-7-9-15/h15-17H,2,4-13H2,1,3H3. The van der Waals surface area contributed by atoms with Crippen LogP contribution in [0.15, 0.2) is 12.2 Å². The van der Waals surface area contributed by atoms with Gasteiger partial charge in [0.2, 0.25) is 0 Å². The molecule has 0 aromatic rings. The van der Waals surface area contributed by atoms with E-state index in [1.807, 2.05) is 0 Å². The average Bonchev–Trinajstić information content (AvgIpc) is 2.33. The normalized spacial score (nSPS) is 19.2. The number of rotatable bonds is 8. The molecule has 1 saturated carbocycles. The molecule has 0 aromatic carbocycles. The van der Waals surface area contributed by atoms with Gasteiger partial charge in [0.15, 0.2) is 0 Å². The molecule has 1 rings (SSSR count). The van der Waals surface area contributed by atoms with E-state index in [1.54, 1.807) is 0 Å². The first-order valence-corrected chi connectivity index (χ1v) is 7.60. The van der Waals surface area contributed by atoms with Gasteiger partial charge in [-0.3, -0.25) is 0 Å². The Hall–Kier alpha value is -0.300. The molecule has 0 aliphatic heterocycles. The molecule has 0 bridgehead atoms. The van der Waals surface area contributed by atoms with Crippen molar-refractivity contribution in [1.82, 2.24) is 5.32 Å². The molecule has 1 nitrogen and oxygen atoms in total. The predicted octanol–water partition coefficient (Wildman–Crippen LogP) is 4.68. The van der Waals surface area contributed by atoms with Gasteiger partial charge in [-0.1, -0.05) is 44.6 Å². The minimum atomic E-state index is 0.675. The van der Waals surface area contributed by atoms with E-state index < -0.39 is 0 Å². The molecule has 17 heavy (non-hydrogen) atoms. The summed E-state index contributed by atoms with van der Waals surface area (Å²) in [5.41, 5.74) is 1.32. The van der Waals surface area contributed by atoms with Crippen molar-refractivity contribution < 1.29 is 0 Å². The van der Waals surface area contributed by atoms with Crippen molar-refractivity contribution in [3.63, 3.8) is 0 Å². The molecule has 0 spiro atoms. The summed E-state index contributed by atoms with van der Waals surface area (Å²) in [6.45, 7) is 9.61. The maximum absolute atomic E-state index is 4.06. The van der Waals surface area contributed by atoms with Gasteiger partial charge in [0, 0.05) is 6.04 Å². The van der Waals surface area contributed by atoms with Gasteiger partial charge in [0.25, 0.3) is 0 Å². The Morgan fingerprint density at radius 2 is 2.00 bits per heavy atom. The van der Waals surface area contributed by atoms with Crippen LogP contribution in [-0.2, 0) is 0 Å². The molecular formula is C16H31N. The average molecular weight is 237 g/mol. The van der Waals surface area contributed by atoms with Crippen LogP contribution in [0.2, 0.25) is 0 Å². The summed E-state index contributed by atoms with van der Waals surface area (Å²) < 4.78 is 0. The van der Waals surface area contributed by atoms with Crippen molar-refractivity contribution in [3.8, 4) is 0 Å². The molecule has 1 heteroatoms. The van der Waals surface area contributed by atoms with Gasteiger partial charge < -0.3 is 5.32 Å². The van der Waals surface area contributed by atoms with Crippen LogP contribution in [0.1, 0.15) is 71.6 Å². The first-order valence-electron chi connectivity index (χ1n) is 7.60. The summed E-state index contributed by atoms with van der Waals surface area (Å²) in [6, 6.07) is 0.675. The zero-order chi connectivity index (χ0) is 12.5. The van der Waals surface area contributed by atoms with E-state index in [-0.39, 0.29) is 0 Å². The third-order valence-corrected chi connectivity index (χ3v) is 3.93. The highest BCUT2D eigenvalue weighted by molar-refractivity contribution is 4.93. The van der Waals surface area contributed by atoms with Crippen LogP contribution in [0.5, 0.6) is 0 Å². The van der Waals surface area contributed by atoms with Crippen LogP contribution in [0.4, 0.5) is 0 Å². The van der Waals surface area contributed by atoms with E-state index >= 15 is 0 Å². The molecule has 1 aliphatic rings. The second-order valence-electron chi connectivity index (χ2n) is 5.89. The fourth-order valence-corrected chi connectivity index (χ4v) is 2.96. The Balaban J connectivity index is 2.23. The Morgan fingerprint density at radius 3 is 2.59 bits per heavy atom. The fourth-order valence-electron chi connectivity index (χ4n) is 2.96. The lowest BCUT2D eigenvalue weighted by Gasteiger charge is -2.25. The second-order valence-corrected chi connectivity index (χ2v) is 5.89. The highest BCUT2D eigenvalue weighted by atomic mass is 14.9.